The van der Waals surface area contributed by atoms with E-state index in [1.165, 1.54) is 12.1 Å². The fourth-order valence-corrected chi connectivity index (χ4v) is 2.39. The smallest absolute Gasteiger partial charge is 0.191 e. The summed E-state index contributed by atoms with van der Waals surface area (Å²) in [5.41, 5.74) is 1.60. The lowest BCUT2D eigenvalue weighted by Gasteiger charge is -2.21. The Hall–Kier alpha value is -1.09. The Kier molecular flexibility index (Phi) is 9.35. The van der Waals surface area contributed by atoms with Gasteiger partial charge in [0, 0.05) is 24.7 Å². The molecule has 1 aliphatic heterocycles. The molecule has 2 N–H and O–H groups in total. The van der Waals surface area contributed by atoms with E-state index in [4.69, 9.17) is 9.47 Å². The minimum absolute atomic E-state index is 0. The Labute approximate surface area is 160 Å². The van der Waals surface area contributed by atoms with E-state index in [1.807, 2.05) is 6.92 Å². The van der Waals surface area contributed by atoms with Gasteiger partial charge >= 0.3 is 0 Å². The van der Waals surface area contributed by atoms with Gasteiger partial charge in [-0.3, -0.25) is 4.99 Å². The summed E-state index contributed by atoms with van der Waals surface area (Å²) in [6, 6.07) is 3.35. The molecule has 1 atom stereocenters. The second-order valence-electron chi connectivity index (χ2n) is 5.63. The molecule has 7 heteroatoms. The Morgan fingerprint density at radius 1 is 1.38 bits per heavy atom. The van der Waals surface area contributed by atoms with Crippen LogP contribution in [0.2, 0.25) is 0 Å². The zero-order valence-electron chi connectivity index (χ0n) is 14.5. The number of hydrogen-bond acceptors (Lipinski definition) is 3. The average molecular weight is 451 g/mol. The van der Waals surface area contributed by atoms with Gasteiger partial charge in [-0.05, 0) is 44.4 Å². The van der Waals surface area contributed by atoms with E-state index in [9.17, 15) is 4.39 Å². The number of halogens is 2. The first-order chi connectivity index (χ1) is 11.1. The van der Waals surface area contributed by atoms with E-state index >= 15 is 0 Å². The number of nitrogens with one attached hydrogen (secondary N) is 2. The SMILES string of the molecule is CCNC(=NCCc1cc(F)cc2c1OCOC2)NC(C)CC.I. The molecule has 24 heavy (non-hydrogen) atoms. The fourth-order valence-electron chi connectivity index (χ4n) is 2.39. The fraction of sp³-hybridized carbons (Fsp3) is 0.588. The van der Waals surface area contributed by atoms with Crippen LogP contribution in [-0.4, -0.2) is 31.9 Å². The van der Waals surface area contributed by atoms with Gasteiger partial charge in [0.15, 0.2) is 12.8 Å². The molecule has 0 aromatic heterocycles. The molecule has 1 unspecified atom stereocenters. The van der Waals surface area contributed by atoms with Gasteiger partial charge in [0.1, 0.15) is 11.6 Å². The van der Waals surface area contributed by atoms with Crippen LogP contribution in [0, 0.1) is 5.82 Å². The second kappa shape index (κ2) is 10.7. The van der Waals surface area contributed by atoms with Gasteiger partial charge in [-0.25, -0.2) is 4.39 Å². The molecule has 0 aliphatic carbocycles. The van der Waals surface area contributed by atoms with Crippen LogP contribution in [-0.2, 0) is 17.8 Å². The van der Waals surface area contributed by atoms with E-state index < -0.39 is 0 Å². The molecule has 136 valence electrons. The molecule has 0 fully saturated rings. The number of nitrogens with zero attached hydrogens (tertiary/aromatic N) is 1. The Morgan fingerprint density at radius 3 is 2.88 bits per heavy atom. The highest BCUT2D eigenvalue weighted by Gasteiger charge is 2.16. The predicted molar refractivity (Wildman–Crippen MR) is 105 cm³/mol. The largest absolute Gasteiger partial charge is 0.467 e. The molecule has 0 bridgehead atoms. The van der Waals surface area contributed by atoms with Gasteiger partial charge < -0.3 is 20.1 Å². The molecular weight excluding hydrogens is 424 g/mol. The van der Waals surface area contributed by atoms with Gasteiger partial charge in [0.05, 0.1) is 6.61 Å². The molecule has 1 aliphatic rings. The Balaban J connectivity index is 0.00000288. The number of hydrogen-bond donors (Lipinski definition) is 2. The maximum atomic E-state index is 13.7. The first-order valence-electron chi connectivity index (χ1n) is 8.20. The molecule has 1 aromatic rings. The highest BCUT2D eigenvalue weighted by Crippen LogP contribution is 2.29. The van der Waals surface area contributed by atoms with Crippen LogP contribution in [0.25, 0.3) is 0 Å². The number of rotatable bonds is 6. The van der Waals surface area contributed by atoms with Crippen LogP contribution in [0.3, 0.4) is 0 Å². The van der Waals surface area contributed by atoms with Crippen molar-refractivity contribution in [1.82, 2.24) is 10.6 Å². The highest BCUT2D eigenvalue weighted by molar-refractivity contribution is 14.0. The van der Waals surface area contributed by atoms with Gasteiger partial charge in [-0.2, -0.15) is 0 Å². The maximum Gasteiger partial charge on any atom is 0.191 e. The second-order valence-corrected chi connectivity index (χ2v) is 5.63. The lowest BCUT2D eigenvalue weighted by Crippen LogP contribution is -2.42. The van der Waals surface area contributed by atoms with Gasteiger partial charge in [-0.15, -0.1) is 24.0 Å². The van der Waals surface area contributed by atoms with Gasteiger partial charge in [0.25, 0.3) is 0 Å². The van der Waals surface area contributed by atoms with Crippen molar-refractivity contribution in [3.63, 3.8) is 0 Å². The Morgan fingerprint density at radius 2 is 2.17 bits per heavy atom. The van der Waals surface area contributed by atoms with Crippen molar-refractivity contribution in [2.75, 3.05) is 19.9 Å². The van der Waals surface area contributed by atoms with Crippen molar-refractivity contribution in [3.8, 4) is 5.75 Å². The van der Waals surface area contributed by atoms with E-state index in [0.717, 1.165) is 35.8 Å². The third-order valence-corrected chi connectivity index (χ3v) is 3.74. The molecule has 0 radical (unpaired) electrons. The Bertz CT molecular complexity index is 555. The average Bonchev–Trinajstić information content (AvgIpc) is 2.54. The standard InChI is InChI=1S/C17H26FN3O2.HI/c1-4-12(3)21-17(19-5-2)20-7-6-13-8-15(18)9-14-10-22-11-23-16(13)14;/h8-9,12H,4-7,10-11H2,1-3H3,(H2,19,20,21);1H. The van der Waals surface area contributed by atoms with Crippen LogP contribution >= 0.6 is 24.0 Å². The highest BCUT2D eigenvalue weighted by atomic mass is 127. The van der Waals surface area contributed by atoms with Crippen LogP contribution in [0.5, 0.6) is 5.75 Å². The molecule has 5 nitrogen and oxygen atoms in total. The van der Waals surface area contributed by atoms with E-state index in [0.29, 0.717) is 25.6 Å². The van der Waals surface area contributed by atoms with Crippen molar-refractivity contribution < 1.29 is 13.9 Å². The van der Waals surface area contributed by atoms with Gasteiger partial charge in [0.2, 0.25) is 0 Å². The molecule has 1 aromatic carbocycles. The number of ether oxygens (including phenoxy) is 2. The summed E-state index contributed by atoms with van der Waals surface area (Å²) in [5, 5.41) is 6.56. The normalized spacial score (nSPS) is 14.9. The molecular formula is C17H27FIN3O2. The van der Waals surface area contributed by atoms with Crippen LogP contribution in [0.1, 0.15) is 38.3 Å². The van der Waals surface area contributed by atoms with Gasteiger partial charge in [-0.1, -0.05) is 6.92 Å². The van der Waals surface area contributed by atoms with E-state index in [-0.39, 0.29) is 36.6 Å². The van der Waals surface area contributed by atoms with Crippen molar-refractivity contribution in [3.05, 3.63) is 29.1 Å². The summed E-state index contributed by atoms with van der Waals surface area (Å²) in [5.74, 6) is 1.27. The first kappa shape index (κ1) is 21.0. The molecule has 0 amide bonds. The third-order valence-electron chi connectivity index (χ3n) is 3.74. The summed E-state index contributed by atoms with van der Waals surface area (Å²) in [7, 11) is 0. The number of fused-ring (bicyclic) bond motifs is 1. The van der Waals surface area contributed by atoms with Crippen molar-refractivity contribution in [2.24, 2.45) is 4.99 Å². The quantitative estimate of drug-likeness (QED) is 0.397. The van der Waals surface area contributed by atoms with Crippen molar-refractivity contribution in [2.45, 2.75) is 46.3 Å². The molecule has 0 saturated heterocycles. The lowest BCUT2D eigenvalue weighted by molar-refractivity contribution is -0.0172. The number of benzene rings is 1. The lowest BCUT2D eigenvalue weighted by atomic mass is 10.1. The molecule has 2 rings (SSSR count). The van der Waals surface area contributed by atoms with Crippen molar-refractivity contribution >= 4 is 29.9 Å². The zero-order chi connectivity index (χ0) is 16.7. The molecule has 1 heterocycles. The minimum atomic E-state index is -0.263. The van der Waals surface area contributed by atoms with Crippen LogP contribution in [0.15, 0.2) is 17.1 Å². The first-order valence-corrected chi connectivity index (χ1v) is 8.20. The molecule has 0 spiro atoms. The maximum absolute atomic E-state index is 13.7. The molecule has 0 saturated carbocycles. The summed E-state index contributed by atoms with van der Waals surface area (Å²) in [4.78, 5) is 4.56. The monoisotopic (exact) mass is 451 g/mol. The number of aliphatic imine (C=N–C) groups is 1. The third kappa shape index (κ3) is 6.08. The summed E-state index contributed by atoms with van der Waals surface area (Å²) >= 11 is 0. The van der Waals surface area contributed by atoms with Crippen molar-refractivity contribution in [1.29, 1.82) is 0 Å². The topological polar surface area (TPSA) is 54.9 Å². The summed E-state index contributed by atoms with van der Waals surface area (Å²) in [6.07, 6.45) is 1.65. The summed E-state index contributed by atoms with van der Waals surface area (Å²) in [6.45, 7) is 8.24. The zero-order valence-corrected chi connectivity index (χ0v) is 16.9. The number of guanidine groups is 1. The predicted octanol–water partition coefficient (Wildman–Crippen LogP) is 3.21. The van der Waals surface area contributed by atoms with Crippen LogP contribution < -0.4 is 15.4 Å². The van der Waals surface area contributed by atoms with E-state index in [2.05, 4.69) is 29.5 Å². The minimum Gasteiger partial charge on any atom is -0.467 e. The van der Waals surface area contributed by atoms with Crippen LogP contribution in [0.4, 0.5) is 4.39 Å². The summed E-state index contributed by atoms with van der Waals surface area (Å²) < 4.78 is 24.4. The van der Waals surface area contributed by atoms with E-state index in [1.54, 1.807) is 0 Å².